The standard InChI is InChI=1S/2C9H12O3S.Fe/c2*1-6-4-7(2)9(8(3)5-6)13(10,11)12;/h2*4-5H,1-3H3,(H,10,11,12);/q;;+2/p-2. The van der Waals surface area contributed by atoms with Crippen LogP contribution in [0, 0.1) is 41.5 Å². The van der Waals surface area contributed by atoms with E-state index in [0.29, 0.717) is 22.3 Å². The van der Waals surface area contributed by atoms with E-state index in [2.05, 4.69) is 0 Å². The van der Waals surface area contributed by atoms with Gasteiger partial charge in [0.1, 0.15) is 20.2 Å². The first-order valence-corrected chi connectivity index (χ1v) is 10.5. The molecule has 0 amide bonds. The van der Waals surface area contributed by atoms with Crippen molar-refractivity contribution in [3.05, 3.63) is 57.6 Å². The van der Waals surface area contributed by atoms with Crippen LogP contribution in [0.5, 0.6) is 0 Å². The monoisotopic (exact) mass is 454 g/mol. The van der Waals surface area contributed by atoms with Gasteiger partial charge in [0, 0.05) is 0 Å². The Bertz CT molecular complexity index is 910. The van der Waals surface area contributed by atoms with Crippen LogP contribution in [0.2, 0.25) is 0 Å². The summed E-state index contributed by atoms with van der Waals surface area (Å²) in [6.45, 7) is 10.2. The SMILES string of the molecule is Cc1cc(C)c(S(=O)(=O)[O-])c(C)c1.Cc1cc(C)c(S(=O)(=O)[O-])c(C)c1.[Fe+2]. The van der Waals surface area contributed by atoms with E-state index in [4.69, 9.17) is 0 Å². The molecule has 2 rings (SSSR count). The first-order chi connectivity index (χ1) is 11.6. The summed E-state index contributed by atoms with van der Waals surface area (Å²) in [7, 11) is -8.66. The Morgan fingerprint density at radius 3 is 0.889 bits per heavy atom. The zero-order valence-electron chi connectivity index (χ0n) is 15.9. The summed E-state index contributed by atoms with van der Waals surface area (Å²) in [6, 6.07) is 6.77. The molecule has 0 spiro atoms. The van der Waals surface area contributed by atoms with Gasteiger partial charge < -0.3 is 9.11 Å². The molecule has 0 aliphatic carbocycles. The van der Waals surface area contributed by atoms with Gasteiger partial charge in [-0.15, -0.1) is 0 Å². The fraction of sp³-hybridized carbons (Fsp3) is 0.333. The summed E-state index contributed by atoms with van der Waals surface area (Å²) >= 11 is 0. The summed E-state index contributed by atoms with van der Waals surface area (Å²) in [5, 5.41) is 0. The Kier molecular flexibility index (Phi) is 8.90. The molecule has 2 aromatic rings. The fourth-order valence-corrected chi connectivity index (χ4v) is 4.94. The molecule has 0 heterocycles. The van der Waals surface area contributed by atoms with Crippen molar-refractivity contribution in [3.8, 4) is 0 Å². The number of hydrogen-bond acceptors (Lipinski definition) is 6. The van der Waals surface area contributed by atoms with E-state index in [-0.39, 0.29) is 26.9 Å². The van der Waals surface area contributed by atoms with Gasteiger partial charge in [0.2, 0.25) is 0 Å². The molecule has 9 heteroatoms. The molecule has 0 fully saturated rings. The molecule has 27 heavy (non-hydrogen) atoms. The van der Waals surface area contributed by atoms with Gasteiger partial charge in [-0.05, 0) is 63.8 Å². The largest absolute Gasteiger partial charge is 2.00 e. The molecule has 2 aromatic carbocycles. The van der Waals surface area contributed by atoms with Crippen LogP contribution in [-0.4, -0.2) is 25.9 Å². The van der Waals surface area contributed by atoms with Crippen LogP contribution in [-0.2, 0) is 37.3 Å². The van der Waals surface area contributed by atoms with Gasteiger partial charge in [0.15, 0.2) is 0 Å². The van der Waals surface area contributed by atoms with Crippen molar-refractivity contribution in [2.75, 3.05) is 0 Å². The van der Waals surface area contributed by atoms with Gasteiger partial charge in [-0.1, -0.05) is 35.4 Å². The maximum absolute atomic E-state index is 10.8. The van der Waals surface area contributed by atoms with E-state index in [9.17, 15) is 25.9 Å². The van der Waals surface area contributed by atoms with Crippen LogP contribution in [0.3, 0.4) is 0 Å². The van der Waals surface area contributed by atoms with E-state index < -0.39 is 20.2 Å². The minimum absolute atomic E-state index is 0. The summed E-state index contributed by atoms with van der Waals surface area (Å²) in [5.41, 5.74) is 4.00. The van der Waals surface area contributed by atoms with Crippen LogP contribution < -0.4 is 0 Å². The van der Waals surface area contributed by atoms with Crippen molar-refractivity contribution < 1.29 is 43.0 Å². The van der Waals surface area contributed by atoms with Gasteiger partial charge in [-0.25, -0.2) is 16.8 Å². The number of aryl methyl sites for hydroxylation is 6. The smallest absolute Gasteiger partial charge is 0.744 e. The van der Waals surface area contributed by atoms with Crippen molar-refractivity contribution in [2.45, 2.75) is 51.3 Å². The Morgan fingerprint density at radius 1 is 0.556 bits per heavy atom. The van der Waals surface area contributed by atoms with Crippen molar-refractivity contribution in [1.82, 2.24) is 0 Å². The normalized spacial score (nSPS) is 11.3. The predicted molar refractivity (Wildman–Crippen MR) is 97.2 cm³/mol. The zero-order valence-corrected chi connectivity index (χ0v) is 18.7. The maximum atomic E-state index is 10.8. The van der Waals surface area contributed by atoms with E-state index in [1.54, 1.807) is 52.0 Å². The van der Waals surface area contributed by atoms with Gasteiger partial charge >= 0.3 is 17.1 Å². The third-order valence-corrected chi connectivity index (χ3v) is 6.00. The topological polar surface area (TPSA) is 114 Å². The molecule has 6 nitrogen and oxygen atoms in total. The minimum atomic E-state index is -4.33. The molecule has 0 N–H and O–H groups in total. The molecular formula is C18H22FeO6S2. The Labute approximate surface area is 172 Å². The second-order valence-electron chi connectivity index (χ2n) is 6.36. The average Bonchev–Trinajstić information content (AvgIpc) is 2.32. The van der Waals surface area contributed by atoms with E-state index in [1.807, 2.05) is 13.8 Å². The summed E-state index contributed by atoms with van der Waals surface area (Å²) < 4.78 is 65.0. The molecule has 0 unspecified atom stereocenters. The van der Waals surface area contributed by atoms with E-state index in [0.717, 1.165) is 11.1 Å². The zero-order chi connectivity index (χ0) is 20.4. The summed E-state index contributed by atoms with van der Waals surface area (Å²) in [4.78, 5) is -0.170. The first kappa shape index (κ1) is 25.8. The van der Waals surface area contributed by atoms with Gasteiger partial charge in [0.05, 0.1) is 9.79 Å². The maximum Gasteiger partial charge on any atom is 2.00 e. The Balaban J connectivity index is 0.000000483. The van der Waals surface area contributed by atoms with Crippen molar-refractivity contribution in [3.63, 3.8) is 0 Å². The van der Waals surface area contributed by atoms with E-state index >= 15 is 0 Å². The first-order valence-electron chi connectivity index (χ1n) is 7.72. The molecule has 0 bridgehead atoms. The molecule has 0 radical (unpaired) electrons. The third kappa shape index (κ3) is 7.03. The van der Waals surface area contributed by atoms with Crippen LogP contribution >= 0.6 is 0 Å². The van der Waals surface area contributed by atoms with Crippen LogP contribution in [0.1, 0.15) is 33.4 Å². The molecule has 0 saturated heterocycles. The molecule has 0 aliphatic rings. The van der Waals surface area contributed by atoms with Crippen molar-refractivity contribution in [2.24, 2.45) is 0 Å². The fourth-order valence-electron chi connectivity index (χ4n) is 3.12. The Hall–Kier alpha value is -1.22. The van der Waals surface area contributed by atoms with Crippen molar-refractivity contribution >= 4 is 20.2 Å². The minimum Gasteiger partial charge on any atom is -0.744 e. The third-order valence-electron chi connectivity index (χ3n) is 3.71. The second kappa shape index (κ2) is 9.32. The van der Waals surface area contributed by atoms with Gasteiger partial charge in [0.25, 0.3) is 0 Å². The number of rotatable bonds is 2. The number of benzene rings is 2. The van der Waals surface area contributed by atoms with Crippen LogP contribution in [0.15, 0.2) is 34.1 Å². The predicted octanol–water partition coefficient (Wildman–Crippen LogP) is 3.03. The molecular weight excluding hydrogens is 432 g/mol. The number of hydrogen-bond donors (Lipinski definition) is 0. The van der Waals surface area contributed by atoms with Gasteiger partial charge in [-0.2, -0.15) is 0 Å². The van der Waals surface area contributed by atoms with Gasteiger partial charge in [-0.3, -0.25) is 0 Å². The molecule has 0 aromatic heterocycles. The second-order valence-corrected chi connectivity index (χ2v) is 9.00. The molecule has 0 aliphatic heterocycles. The molecule has 0 atom stereocenters. The molecule has 0 saturated carbocycles. The molecule has 150 valence electrons. The van der Waals surface area contributed by atoms with Crippen LogP contribution in [0.4, 0.5) is 0 Å². The summed E-state index contributed by atoms with van der Waals surface area (Å²) in [6.07, 6.45) is 0. The van der Waals surface area contributed by atoms with Crippen molar-refractivity contribution in [1.29, 1.82) is 0 Å². The van der Waals surface area contributed by atoms with Crippen LogP contribution in [0.25, 0.3) is 0 Å². The quantitative estimate of drug-likeness (QED) is 0.509. The Morgan fingerprint density at radius 2 is 0.741 bits per heavy atom. The average molecular weight is 454 g/mol. The van der Waals surface area contributed by atoms with E-state index in [1.165, 1.54) is 0 Å². The summed E-state index contributed by atoms with van der Waals surface area (Å²) in [5.74, 6) is 0.